The first kappa shape index (κ1) is 20.5. The second-order valence-electron chi connectivity index (χ2n) is 6.90. The summed E-state index contributed by atoms with van der Waals surface area (Å²) in [5.41, 5.74) is -0.00914. The molecule has 150 valence electrons. The molecule has 28 heavy (non-hydrogen) atoms. The zero-order valence-corrected chi connectivity index (χ0v) is 15.8. The van der Waals surface area contributed by atoms with Gasteiger partial charge in [-0.05, 0) is 42.0 Å². The third-order valence-electron chi connectivity index (χ3n) is 4.86. The van der Waals surface area contributed by atoms with Crippen molar-refractivity contribution < 1.29 is 21.9 Å². The average Bonchev–Trinajstić information content (AvgIpc) is 3.12. The maximum absolute atomic E-state index is 12.9. The first-order chi connectivity index (χ1) is 13.2. The van der Waals surface area contributed by atoms with Crippen LogP contribution >= 0.6 is 0 Å². The number of aromatic nitrogens is 1. The van der Waals surface area contributed by atoms with Gasteiger partial charge in [0.05, 0.1) is 5.75 Å². The van der Waals surface area contributed by atoms with Crippen LogP contribution in [0.4, 0.5) is 13.2 Å². The second-order valence-corrected chi connectivity index (χ2v) is 7.83. The molecule has 1 unspecified atom stereocenters. The number of hydrogen-bond acceptors (Lipinski definition) is 2. The Balaban J connectivity index is 2.02. The molecule has 0 radical (unpaired) electrons. The van der Waals surface area contributed by atoms with E-state index in [1.165, 1.54) is 6.07 Å². The Kier molecular flexibility index (Phi) is 6.20. The number of hydrogen-bond donors (Lipinski definition) is 2. The summed E-state index contributed by atoms with van der Waals surface area (Å²) in [6, 6.07) is 8.99. The minimum absolute atomic E-state index is 0.000927. The Morgan fingerprint density at radius 2 is 1.79 bits per heavy atom. The molecule has 2 aromatic rings. The molecular formula is C20H20F3NO3S. The van der Waals surface area contributed by atoms with Crippen molar-refractivity contribution in [1.82, 2.24) is 4.98 Å². The molecule has 0 bridgehead atoms. The topological polar surface area (TPSA) is 70.2 Å². The lowest BCUT2D eigenvalue weighted by Crippen LogP contribution is -2.22. The van der Waals surface area contributed by atoms with Crippen molar-refractivity contribution in [2.75, 3.05) is 0 Å². The van der Waals surface area contributed by atoms with Crippen LogP contribution in [0.1, 0.15) is 48.1 Å². The maximum Gasteiger partial charge on any atom is 0.421 e. The second kappa shape index (κ2) is 8.45. The fraction of sp³-hybridized carbons (Fsp3) is 0.350. The highest BCUT2D eigenvalue weighted by Gasteiger charge is 2.34. The fourth-order valence-electron chi connectivity index (χ4n) is 3.48. The molecule has 8 heteroatoms. The molecule has 1 saturated carbocycles. The molecule has 3 rings (SSSR count). The van der Waals surface area contributed by atoms with Crippen molar-refractivity contribution in [3.8, 4) is 0 Å². The molecule has 2 N–H and O–H groups in total. The molecule has 1 aliphatic rings. The normalized spacial score (nSPS) is 17.1. The number of rotatable bonds is 5. The van der Waals surface area contributed by atoms with Gasteiger partial charge in [0.25, 0.3) is 5.56 Å². The minimum Gasteiger partial charge on any atom is -0.321 e. The quantitative estimate of drug-likeness (QED) is 0.699. The van der Waals surface area contributed by atoms with E-state index >= 15 is 0 Å². The van der Waals surface area contributed by atoms with Crippen molar-refractivity contribution in [2.24, 2.45) is 5.92 Å². The van der Waals surface area contributed by atoms with Gasteiger partial charge in [0, 0.05) is 11.3 Å². The van der Waals surface area contributed by atoms with Gasteiger partial charge in [-0.25, -0.2) is 4.21 Å². The highest BCUT2D eigenvalue weighted by Crippen LogP contribution is 2.32. The van der Waals surface area contributed by atoms with Gasteiger partial charge in [0.2, 0.25) is 0 Å². The van der Waals surface area contributed by atoms with Crippen LogP contribution in [-0.4, -0.2) is 13.7 Å². The summed E-state index contributed by atoms with van der Waals surface area (Å²) >= 11 is -1.96. The molecule has 4 nitrogen and oxygen atoms in total. The first-order valence-electron chi connectivity index (χ1n) is 8.93. The van der Waals surface area contributed by atoms with Crippen LogP contribution in [-0.2, 0) is 23.0 Å². The summed E-state index contributed by atoms with van der Waals surface area (Å²) in [4.78, 5) is 14.3. The van der Waals surface area contributed by atoms with E-state index in [0.29, 0.717) is 22.7 Å². The van der Waals surface area contributed by atoms with Gasteiger partial charge >= 0.3 is 6.18 Å². The van der Waals surface area contributed by atoms with Gasteiger partial charge in [-0.3, -0.25) is 4.79 Å². The van der Waals surface area contributed by atoms with E-state index in [2.05, 4.69) is 4.98 Å². The van der Waals surface area contributed by atoms with Crippen molar-refractivity contribution in [1.29, 1.82) is 0 Å². The minimum atomic E-state index is -4.71. The Morgan fingerprint density at radius 1 is 1.14 bits per heavy atom. The molecule has 1 fully saturated rings. The number of aromatic amines is 1. The van der Waals surface area contributed by atoms with Crippen molar-refractivity contribution in [3.05, 3.63) is 75.2 Å². The zero-order valence-electron chi connectivity index (χ0n) is 15.0. The van der Waals surface area contributed by atoms with Crippen molar-refractivity contribution >= 4 is 16.7 Å². The van der Waals surface area contributed by atoms with Gasteiger partial charge in [0.1, 0.15) is 5.56 Å². The number of halogens is 3. The molecule has 0 saturated heterocycles. The fourth-order valence-corrected chi connectivity index (χ4v) is 3.96. The van der Waals surface area contributed by atoms with Crippen molar-refractivity contribution in [2.45, 2.75) is 37.6 Å². The third-order valence-corrected chi connectivity index (χ3v) is 5.44. The predicted octanol–water partition coefficient (Wildman–Crippen LogP) is 4.74. The van der Waals surface area contributed by atoms with Crippen LogP contribution in [0.25, 0.3) is 5.57 Å². The Morgan fingerprint density at radius 3 is 2.32 bits per heavy atom. The van der Waals surface area contributed by atoms with E-state index in [1.54, 1.807) is 24.3 Å². The van der Waals surface area contributed by atoms with Gasteiger partial charge in [-0.15, -0.1) is 0 Å². The molecule has 0 spiro atoms. The van der Waals surface area contributed by atoms with E-state index in [9.17, 15) is 22.2 Å². The lowest BCUT2D eigenvalue weighted by Gasteiger charge is -2.13. The number of benzene rings is 1. The lowest BCUT2D eigenvalue weighted by atomic mass is 9.95. The monoisotopic (exact) mass is 411 g/mol. The van der Waals surface area contributed by atoms with E-state index in [0.717, 1.165) is 37.3 Å². The number of alkyl halides is 3. The summed E-state index contributed by atoms with van der Waals surface area (Å²) in [6.07, 6.45) is 1.48. The molecular weight excluding hydrogens is 391 g/mol. The highest BCUT2D eigenvalue weighted by molar-refractivity contribution is 7.78. The Hall–Kier alpha value is -2.19. The Bertz CT molecular complexity index is 942. The predicted molar refractivity (Wildman–Crippen MR) is 102 cm³/mol. The summed E-state index contributed by atoms with van der Waals surface area (Å²) in [7, 11) is 0. The van der Waals surface area contributed by atoms with Gasteiger partial charge in [-0.2, -0.15) is 13.2 Å². The van der Waals surface area contributed by atoms with Crippen LogP contribution in [0, 0.1) is 5.92 Å². The van der Waals surface area contributed by atoms with Crippen LogP contribution in [0.5, 0.6) is 0 Å². The smallest absolute Gasteiger partial charge is 0.321 e. The van der Waals surface area contributed by atoms with Crippen LogP contribution < -0.4 is 5.56 Å². The average molecular weight is 411 g/mol. The van der Waals surface area contributed by atoms with Crippen LogP contribution in [0.3, 0.4) is 0 Å². The molecule has 0 amide bonds. The van der Waals surface area contributed by atoms with Crippen LogP contribution in [0.2, 0.25) is 0 Å². The standard InChI is InChI=1S/C20H20F3NO3S/c21-20(22,23)17-9-10-18(24-19(17)25)16(11-13-3-1-2-4-13)15-7-5-14(6-8-15)12-28(26)27/h5-11,13H,1-4,12H2,(H,24,25)(H,26,27)/b16-11+. The van der Waals surface area contributed by atoms with Crippen molar-refractivity contribution in [3.63, 3.8) is 0 Å². The van der Waals surface area contributed by atoms with E-state index in [1.807, 2.05) is 6.08 Å². The highest BCUT2D eigenvalue weighted by atomic mass is 32.2. The molecule has 1 atom stereocenters. The zero-order chi connectivity index (χ0) is 20.3. The van der Waals surface area contributed by atoms with Gasteiger partial charge in [-0.1, -0.05) is 43.2 Å². The Labute approximate surface area is 162 Å². The van der Waals surface area contributed by atoms with Gasteiger partial charge < -0.3 is 9.54 Å². The first-order valence-corrected chi connectivity index (χ1v) is 10.2. The summed E-state index contributed by atoms with van der Waals surface area (Å²) in [5, 5.41) is 0. The number of H-pyrrole nitrogens is 1. The van der Waals surface area contributed by atoms with E-state index < -0.39 is 28.4 Å². The summed E-state index contributed by atoms with van der Waals surface area (Å²) in [5.74, 6) is 0.296. The maximum atomic E-state index is 12.9. The molecule has 1 aromatic heterocycles. The number of allylic oxidation sites excluding steroid dienone is 1. The van der Waals surface area contributed by atoms with Gasteiger partial charge in [0.15, 0.2) is 11.1 Å². The lowest BCUT2D eigenvalue weighted by molar-refractivity contribution is -0.138. The SMILES string of the molecule is O=c1[nH]c(/C(=C/C2CCCC2)c2ccc(CS(=O)O)cc2)ccc1C(F)(F)F. The third kappa shape index (κ3) is 4.99. The van der Waals surface area contributed by atoms with E-state index in [4.69, 9.17) is 4.55 Å². The van der Waals surface area contributed by atoms with Crippen LogP contribution in [0.15, 0.2) is 47.3 Å². The van der Waals surface area contributed by atoms with E-state index in [-0.39, 0.29) is 5.75 Å². The molecule has 1 aromatic carbocycles. The summed E-state index contributed by atoms with van der Waals surface area (Å²) in [6.45, 7) is 0. The summed E-state index contributed by atoms with van der Waals surface area (Å²) < 4.78 is 58.7. The molecule has 1 aliphatic carbocycles. The number of nitrogens with one attached hydrogen (secondary N) is 1. The molecule has 1 heterocycles. The largest absolute Gasteiger partial charge is 0.421 e. The number of pyridine rings is 1. The molecule has 0 aliphatic heterocycles.